The van der Waals surface area contributed by atoms with Crippen molar-refractivity contribution in [1.29, 1.82) is 0 Å². The van der Waals surface area contributed by atoms with Gasteiger partial charge >= 0.3 is 6.16 Å². The van der Waals surface area contributed by atoms with E-state index in [0.29, 0.717) is 6.61 Å². The third kappa shape index (κ3) is 4.08. The topological polar surface area (TPSA) is 38.8 Å². The normalized spacial score (nSPS) is 20.5. The molecule has 15 heavy (non-hydrogen) atoms. The summed E-state index contributed by atoms with van der Waals surface area (Å²) in [6.07, 6.45) is 3.90. The maximum absolute atomic E-state index is 10.8. The van der Waals surface area contributed by atoms with Gasteiger partial charge in [-0.2, -0.15) is 0 Å². The molecule has 1 unspecified atom stereocenters. The Labute approximate surface area is 91.5 Å². The van der Waals surface area contributed by atoms with Gasteiger partial charge in [0.1, 0.15) is 6.61 Å². The molecular weight excluding hydrogens is 194 g/mol. The molecule has 0 aromatic heterocycles. The molecule has 4 heteroatoms. The second-order valence-corrected chi connectivity index (χ2v) is 3.88. The van der Waals surface area contributed by atoms with E-state index < -0.39 is 6.16 Å². The molecule has 1 fully saturated rings. The minimum Gasteiger partial charge on any atom is -0.429 e. The lowest BCUT2D eigenvalue weighted by Crippen LogP contribution is -2.38. The Morgan fingerprint density at radius 3 is 2.27 bits per heavy atom. The molecule has 0 spiro atoms. The van der Waals surface area contributed by atoms with Crippen LogP contribution < -0.4 is 0 Å². The fourth-order valence-corrected chi connectivity index (χ4v) is 1.62. The molecule has 4 nitrogen and oxygen atoms in total. The van der Waals surface area contributed by atoms with Crippen LogP contribution in [-0.2, 0) is 9.47 Å². The van der Waals surface area contributed by atoms with Crippen molar-refractivity contribution in [2.24, 2.45) is 0 Å². The van der Waals surface area contributed by atoms with Crippen molar-refractivity contribution in [3.8, 4) is 0 Å². The molecule has 0 saturated carbocycles. The van der Waals surface area contributed by atoms with Crippen LogP contribution in [0.25, 0.3) is 0 Å². The Bertz CT molecular complexity index is 188. The molecule has 1 aliphatic rings. The molecule has 0 bridgehead atoms. The van der Waals surface area contributed by atoms with Crippen LogP contribution in [-0.4, -0.2) is 37.0 Å². The standard InChI is InChI=1S/C11H21NO3/c1-3-5-7-12(8-6-4-2)10-9-14-11(13)15-10/h10H,3-9H2,1-2H3. The largest absolute Gasteiger partial charge is 0.510 e. The molecule has 0 N–H and O–H groups in total. The molecule has 88 valence electrons. The molecule has 1 rings (SSSR count). The SMILES string of the molecule is CCCCN(CCCC)C1COC(=O)O1. The van der Waals surface area contributed by atoms with Gasteiger partial charge in [0.25, 0.3) is 0 Å². The first-order chi connectivity index (χ1) is 7.27. The van der Waals surface area contributed by atoms with Crippen molar-refractivity contribution in [1.82, 2.24) is 4.90 Å². The molecule has 0 radical (unpaired) electrons. The third-order valence-corrected chi connectivity index (χ3v) is 2.58. The zero-order chi connectivity index (χ0) is 11.1. The first kappa shape index (κ1) is 12.3. The van der Waals surface area contributed by atoms with E-state index in [2.05, 4.69) is 18.7 Å². The van der Waals surface area contributed by atoms with E-state index in [9.17, 15) is 4.79 Å². The summed E-state index contributed by atoms with van der Waals surface area (Å²) in [4.78, 5) is 13.0. The van der Waals surface area contributed by atoms with Crippen LogP contribution in [0, 0.1) is 0 Å². The van der Waals surface area contributed by atoms with Crippen LogP contribution in [0.5, 0.6) is 0 Å². The summed E-state index contributed by atoms with van der Waals surface area (Å²) >= 11 is 0. The van der Waals surface area contributed by atoms with E-state index in [1.807, 2.05) is 0 Å². The van der Waals surface area contributed by atoms with E-state index in [1.54, 1.807) is 0 Å². The predicted octanol–water partition coefficient (Wildman–Crippen LogP) is 2.38. The molecule has 0 aliphatic carbocycles. The van der Waals surface area contributed by atoms with Gasteiger partial charge in [0, 0.05) is 13.1 Å². The molecule has 1 atom stereocenters. The summed E-state index contributed by atoms with van der Waals surface area (Å²) in [5.74, 6) is 0. The molecule has 1 aliphatic heterocycles. The van der Waals surface area contributed by atoms with E-state index in [1.165, 1.54) is 0 Å². The fourth-order valence-electron chi connectivity index (χ4n) is 1.62. The van der Waals surface area contributed by atoms with Gasteiger partial charge in [-0.25, -0.2) is 4.79 Å². The monoisotopic (exact) mass is 215 g/mol. The fraction of sp³-hybridized carbons (Fsp3) is 0.909. The maximum Gasteiger partial charge on any atom is 0.510 e. The van der Waals surface area contributed by atoms with Crippen molar-refractivity contribution in [2.45, 2.75) is 45.8 Å². The first-order valence-electron chi connectivity index (χ1n) is 5.85. The van der Waals surface area contributed by atoms with Crippen LogP contribution in [0.15, 0.2) is 0 Å². The number of carbonyl (C=O) groups excluding carboxylic acids is 1. The summed E-state index contributed by atoms with van der Waals surface area (Å²) in [6, 6.07) is 0. The number of cyclic esters (lactones) is 2. The minimum atomic E-state index is -0.530. The Hall–Kier alpha value is -0.770. The summed E-state index contributed by atoms with van der Waals surface area (Å²) in [7, 11) is 0. The quantitative estimate of drug-likeness (QED) is 0.611. The highest BCUT2D eigenvalue weighted by atomic mass is 16.8. The van der Waals surface area contributed by atoms with E-state index >= 15 is 0 Å². The maximum atomic E-state index is 10.8. The highest BCUT2D eigenvalue weighted by molar-refractivity contribution is 5.61. The Kier molecular flexibility index (Phi) is 5.47. The molecule has 0 aromatic carbocycles. The number of ether oxygens (including phenoxy) is 2. The van der Waals surface area contributed by atoms with Gasteiger partial charge in [-0.3, -0.25) is 4.90 Å². The average Bonchev–Trinajstić information content (AvgIpc) is 2.65. The third-order valence-electron chi connectivity index (χ3n) is 2.58. The van der Waals surface area contributed by atoms with Gasteiger partial charge in [-0.1, -0.05) is 26.7 Å². The van der Waals surface area contributed by atoms with Crippen LogP contribution in [0.2, 0.25) is 0 Å². The molecule has 1 heterocycles. The second kappa shape index (κ2) is 6.67. The van der Waals surface area contributed by atoms with E-state index in [0.717, 1.165) is 38.8 Å². The van der Waals surface area contributed by atoms with Gasteiger partial charge < -0.3 is 9.47 Å². The van der Waals surface area contributed by atoms with Crippen molar-refractivity contribution in [3.05, 3.63) is 0 Å². The van der Waals surface area contributed by atoms with Crippen LogP contribution in [0.4, 0.5) is 4.79 Å². The highest BCUT2D eigenvalue weighted by Gasteiger charge is 2.29. The van der Waals surface area contributed by atoms with Gasteiger partial charge in [-0.05, 0) is 12.8 Å². The zero-order valence-corrected chi connectivity index (χ0v) is 9.70. The highest BCUT2D eigenvalue weighted by Crippen LogP contribution is 2.13. The lowest BCUT2D eigenvalue weighted by atomic mass is 10.2. The summed E-state index contributed by atoms with van der Waals surface area (Å²) in [6.45, 7) is 6.67. The van der Waals surface area contributed by atoms with Crippen LogP contribution >= 0.6 is 0 Å². The molecular formula is C11H21NO3. The Morgan fingerprint density at radius 1 is 1.27 bits per heavy atom. The van der Waals surface area contributed by atoms with Crippen molar-refractivity contribution < 1.29 is 14.3 Å². The predicted molar refractivity (Wildman–Crippen MR) is 57.6 cm³/mol. The van der Waals surface area contributed by atoms with Gasteiger partial charge in [0.05, 0.1) is 0 Å². The zero-order valence-electron chi connectivity index (χ0n) is 9.70. The number of hydrogen-bond acceptors (Lipinski definition) is 4. The van der Waals surface area contributed by atoms with Crippen molar-refractivity contribution in [2.75, 3.05) is 19.7 Å². The second-order valence-electron chi connectivity index (χ2n) is 3.88. The van der Waals surface area contributed by atoms with E-state index in [4.69, 9.17) is 9.47 Å². The average molecular weight is 215 g/mol. The molecule has 0 amide bonds. The Morgan fingerprint density at radius 2 is 1.87 bits per heavy atom. The van der Waals surface area contributed by atoms with Crippen LogP contribution in [0.1, 0.15) is 39.5 Å². The molecule has 0 aromatic rings. The van der Waals surface area contributed by atoms with Crippen molar-refractivity contribution >= 4 is 6.16 Å². The van der Waals surface area contributed by atoms with E-state index in [-0.39, 0.29) is 6.23 Å². The van der Waals surface area contributed by atoms with Gasteiger partial charge in [0.2, 0.25) is 0 Å². The lowest BCUT2D eigenvalue weighted by Gasteiger charge is -2.25. The first-order valence-corrected chi connectivity index (χ1v) is 5.85. The number of carbonyl (C=O) groups is 1. The summed E-state index contributed by atoms with van der Waals surface area (Å²) < 4.78 is 9.89. The smallest absolute Gasteiger partial charge is 0.429 e. The van der Waals surface area contributed by atoms with Gasteiger partial charge in [-0.15, -0.1) is 0 Å². The molecule has 1 saturated heterocycles. The van der Waals surface area contributed by atoms with Crippen molar-refractivity contribution in [3.63, 3.8) is 0 Å². The number of unbranched alkanes of at least 4 members (excludes halogenated alkanes) is 2. The number of hydrogen-bond donors (Lipinski definition) is 0. The Balaban J connectivity index is 2.36. The summed E-state index contributed by atoms with van der Waals surface area (Å²) in [5.41, 5.74) is 0. The van der Waals surface area contributed by atoms with Gasteiger partial charge in [0.15, 0.2) is 6.23 Å². The minimum absolute atomic E-state index is 0.157. The number of nitrogens with zero attached hydrogens (tertiary/aromatic N) is 1. The lowest BCUT2D eigenvalue weighted by molar-refractivity contribution is 0.0202. The summed E-state index contributed by atoms with van der Waals surface area (Å²) in [5, 5.41) is 0. The number of rotatable bonds is 7. The van der Waals surface area contributed by atoms with Crippen LogP contribution in [0.3, 0.4) is 0 Å².